The van der Waals surface area contributed by atoms with Gasteiger partial charge in [-0.15, -0.1) is 0 Å². The zero-order valence-electron chi connectivity index (χ0n) is 10.5. The van der Waals surface area contributed by atoms with Crippen LogP contribution in [-0.4, -0.2) is 37.7 Å². The first-order valence-electron chi connectivity index (χ1n) is 5.69. The number of pyridine rings is 1. The van der Waals surface area contributed by atoms with E-state index in [2.05, 4.69) is 15.6 Å². The van der Waals surface area contributed by atoms with E-state index in [0.29, 0.717) is 25.3 Å². The number of rotatable bonds is 6. The molecule has 5 heteroatoms. The summed E-state index contributed by atoms with van der Waals surface area (Å²) in [5.41, 5.74) is 2.21. The molecule has 0 radical (unpaired) electrons. The Balaban J connectivity index is 2.62. The van der Waals surface area contributed by atoms with Crippen molar-refractivity contribution in [2.45, 2.75) is 13.8 Å². The summed E-state index contributed by atoms with van der Waals surface area (Å²) in [6.07, 6.45) is 1.58. The first-order chi connectivity index (χ1) is 8.19. The van der Waals surface area contributed by atoms with E-state index >= 15 is 0 Å². The molecule has 0 spiro atoms. The molecule has 0 saturated carbocycles. The Hall–Kier alpha value is -1.62. The first kappa shape index (κ1) is 13.4. The third kappa shape index (κ3) is 4.03. The number of carbonyl (C=O) groups is 1. The molecular weight excluding hydrogens is 218 g/mol. The fourth-order valence-corrected chi connectivity index (χ4v) is 1.42. The summed E-state index contributed by atoms with van der Waals surface area (Å²) in [6.45, 7) is 5.49. The van der Waals surface area contributed by atoms with Gasteiger partial charge in [-0.05, 0) is 19.9 Å². The van der Waals surface area contributed by atoms with Gasteiger partial charge in [-0.2, -0.15) is 0 Å². The fraction of sp³-hybridized carbons (Fsp3) is 0.500. The van der Waals surface area contributed by atoms with Crippen molar-refractivity contribution in [1.29, 1.82) is 0 Å². The molecule has 0 aromatic carbocycles. The van der Waals surface area contributed by atoms with Gasteiger partial charge in [0.15, 0.2) is 0 Å². The van der Waals surface area contributed by atoms with Crippen LogP contribution in [0.15, 0.2) is 12.3 Å². The van der Waals surface area contributed by atoms with Crippen molar-refractivity contribution < 1.29 is 9.53 Å². The first-order valence-corrected chi connectivity index (χ1v) is 5.69. The lowest BCUT2D eigenvalue weighted by molar-refractivity contribution is 0.0923. The highest BCUT2D eigenvalue weighted by Crippen LogP contribution is 2.14. The van der Waals surface area contributed by atoms with E-state index in [4.69, 9.17) is 4.74 Å². The lowest BCUT2D eigenvalue weighted by Gasteiger charge is -2.10. The molecule has 0 bridgehead atoms. The molecule has 1 rings (SSSR count). The number of anilines is 1. The Kier molecular flexibility index (Phi) is 5.42. The summed E-state index contributed by atoms with van der Waals surface area (Å²) in [6, 6.07) is 1.84. The summed E-state index contributed by atoms with van der Waals surface area (Å²) in [7, 11) is 1.78. The molecule has 5 nitrogen and oxygen atoms in total. The van der Waals surface area contributed by atoms with E-state index in [-0.39, 0.29) is 5.91 Å². The number of nitrogens with one attached hydrogen (secondary N) is 2. The number of aromatic nitrogens is 1. The number of amides is 1. The Morgan fingerprint density at radius 3 is 2.94 bits per heavy atom. The molecule has 1 heterocycles. The maximum Gasteiger partial charge on any atom is 0.255 e. The maximum atomic E-state index is 11.9. The molecule has 17 heavy (non-hydrogen) atoms. The second kappa shape index (κ2) is 6.85. The van der Waals surface area contributed by atoms with Crippen LogP contribution in [-0.2, 0) is 4.74 Å². The van der Waals surface area contributed by atoms with Gasteiger partial charge in [0.2, 0.25) is 0 Å². The van der Waals surface area contributed by atoms with Gasteiger partial charge in [0.05, 0.1) is 17.9 Å². The predicted molar refractivity (Wildman–Crippen MR) is 67.3 cm³/mol. The van der Waals surface area contributed by atoms with Crippen molar-refractivity contribution in [3.8, 4) is 0 Å². The number of hydrogen-bond donors (Lipinski definition) is 2. The average Bonchev–Trinajstić information content (AvgIpc) is 2.34. The van der Waals surface area contributed by atoms with Gasteiger partial charge in [-0.3, -0.25) is 9.78 Å². The molecule has 0 aliphatic heterocycles. The molecule has 1 aromatic heterocycles. The fourth-order valence-electron chi connectivity index (χ4n) is 1.42. The molecule has 1 aromatic rings. The molecular formula is C12H19N3O2. The van der Waals surface area contributed by atoms with Gasteiger partial charge >= 0.3 is 0 Å². The van der Waals surface area contributed by atoms with E-state index in [1.807, 2.05) is 19.9 Å². The highest BCUT2D eigenvalue weighted by molar-refractivity contribution is 5.99. The SMILES string of the molecule is CCOCCNC(=O)c1cnc(C)cc1NC. The number of aryl methyl sites for hydroxylation is 1. The van der Waals surface area contributed by atoms with Crippen molar-refractivity contribution in [1.82, 2.24) is 10.3 Å². The molecule has 0 aliphatic rings. The van der Waals surface area contributed by atoms with E-state index in [9.17, 15) is 4.79 Å². The molecule has 2 N–H and O–H groups in total. The summed E-state index contributed by atoms with van der Waals surface area (Å²) < 4.78 is 5.15. The highest BCUT2D eigenvalue weighted by Gasteiger charge is 2.10. The number of ether oxygens (including phenoxy) is 1. The Morgan fingerprint density at radius 1 is 1.53 bits per heavy atom. The lowest BCUT2D eigenvalue weighted by atomic mass is 10.2. The minimum absolute atomic E-state index is 0.137. The third-order valence-electron chi connectivity index (χ3n) is 2.29. The molecule has 0 unspecified atom stereocenters. The largest absolute Gasteiger partial charge is 0.387 e. The number of nitrogens with zero attached hydrogens (tertiary/aromatic N) is 1. The Morgan fingerprint density at radius 2 is 2.29 bits per heavy atom. The lowest BCUT2D eigenvalue weighted by Crippen LogP contribution is -2.28. The second-order valence-corrected chi connectivity index (χ2v) is 3.57. The maximum absolute atomic E-state index is 11.9. The molecule has 0 aliphatic carbocycles. The monoisotopic (exact) mass is 237 g/mol. The zero-order valence-corrected chi connectivity index (χ0v) is 10.5. The number of carbonyl (C=O) groups excluding carboxylic acids is 1. The van der Waals surface area contributed by atoms with Crippen LogP contribution in [0.4, 0.5) is 5.69 Å². The van der Waals surface area contributed by atoms with Gasteiger partial charge in [0, 0.05) is 32.1 Å². The van der Waals surface area contributed by atoms with Gasteiger partial charge in [0.25, 0.3) is 5.91 Å². The molecule has 1 amide bonds. The van der Waals surface area contributed by atoms with Crippen LogP contribution in [0.2, 0.25) is 0 Å². The normalized spacial score (nSPS) is 10.1. The smallest absolute Gasteiger partial charge is 0.255 e. The van der Waals surface area contributed by atoms with Gasteiger partial charge in [0.1, 0.15) is 0 Å². The summed E-state index contributed by atoms with van der Waals surface area (Å²) >= 11 is 0. The minimum Gasteiger partial charge on any atom is -0.387 e. The summed E-state index contributed by atoms with van der Waals surface area (Å²) in [4.78, 5) is 16.0. The van der Waals surface area contributed by atoms with E-state index < -0.39 is 0 Å². The van der Waals surface area contributed by atoms with Crippen molar-refractivity contribution in [2.24, 2.45) is 0 Å². The minimum atomic E-state index is -0.137. The van der Waals surface area contributed by atoms with Crippen molar-refractivity contribution in [2.75, 3.05) is 32.1 Å². The topological polar surface area (TPSA) is 63.2 Å². The third-order valence-corrected chi connectivity index (χ3v) is 2.29. The van der Waals surface area contributed by atoms with Crippen LogP contribution in [0.1, 0.15) is 23.0 Å². The van der Waals surface area contributed by atoms with Crippen molar-refractivity contribution in [3.05, 3.63) is 23.5 Å². The predicted octanol–water partition coefficient (Wildman–Crippen LogP) is 1.20. The number of hydrogen-bond acceptors (Lipinski definition) is 4. The van der Waals surface area contributed by atoms with Gasteiger partial charge in [-0.1, -0.05) is 0 Å². The van der Waals surface area contributed by atoms with Crippen LogP contribution in [0.25, 0.3) is 0 Å². The van der Waals surface area contributed by atoms with Gasteiger partial charge in [-0.25, -0.2) is 0 Å². The quantitative estimate of drug-likeness (QED) is 0.730. The van der Waals surface area contributed by atoms with Crippen molar-refractivity contribution >= 4 is 11.6 Å². The second-order valence-electron chi connectivity index (χ2n) is 3.57. The van der Waals surface area contributed by atoms with Gasteiger partial charge < -0.3 is 15.4 Å². The van der Waals surface area contributed by atoms with Crippen LogP contribution >= 0.6 is 0 Å². The average molecular weight is 237 g/mol. The molecule has 0 atom stereocenters. The van der Waals surface area contributed by atoms with Crippen LogP contribution in [0.5, 0.6) is 0 Å². The standard InChI is InChI=1S/C12H19N3O2/c1-4-17-6-5-14-12(16)10-8-15-9(2)7-11(10)13-3/h7-8H,4-6H2,1-3H3,(H,13,15)(H,14,16). The van der Waals surface area contributed by atoms with Crippen LogP contribution < -0.4 is 10.6 Å². The van der Waals surface area contributed by atoms with E-state index in [1.54, 1.807) is 13.2 Å². The molecule has 94 valence electrons. The van der Waals surface area contributed by atoms with E-state index in [1.165, 1.54) is 0 Å². The Bertz CT molecular complexity index is 380. The highest BCUT2D eigenvalue weighted by atomic mass is 16.5. The van der Waals surface area contributed by atoms with Crippen LogP contribution in [0.3, 0.4) is 0 Å². The molecule has 0 saturated heterocycles. The van der Waals surface area contributed by atoms with Crippen molar-refractivity contribution in [3.63, 3.8) is 0 Å². The molecule has 0 fully saturated rings. The van der Waals surface area contributed by atoms with E-state index in [0.717, 1.165) is 11.4 Å². The summed E-state index contributed by atoms with van der Waals surface area (Å²) in [5.74, 6) is -0.137. The Labute approximate surface area is 102 Å². The zero-order chi connectivity index (χ0) is 12.7. The summed E-state index contributed by atoms with van der Waals surface area (Å²) in [5, 5.41) is 5.77. The van der Waals surface area contributed by atoms with Crippen LogP contribution in [0, 0.1) is 6.92 Å².